The largest absolute Gasteiger partial charge is 0.392 e. The van der Waals surface area contributed by atoms with E-state index in [2.05, 4.69) is 20.8 Å². The summed E-state index contributed by atoms with van der Waals surface area (Å²) in [5.74, 6) is 0. The molecule has 0 amide bonds. The third-order valence-corrected chi connectivity index (χ3v) is 3.62. The number of anilines is 1. The van der Waals surface area contributed by atoms with Gasteiger partial charge in [0.25, 0.3) is 0 Å². The summed E-state index contributed by atoms with van der Waals surface area (Å²) in [6, 6.07) is 5.81. The fourth-order valence-corrected chi connectivity index (χ4v) is 2.73. The molecule has 1 fully saturated rings. The van der Waals surface area contributed by atoms with E-state index in [9.17, 15) is 5.11 Å². The Bertz CT molecular complexity index is 393. The van der Waals surface area contributed by atoms with Crippen molar-refractivity contribution in [3.05, 3.63) is 28.2 Å². The molecule has 0 spiro atoms. The van der Waals surface area contributed by atoms with Crippen molar-refractivity contribution in [2.45, 2.75) is 25.6 Å². The summed E-state index contributed by atoms with van der Waals surface area (Å²) >= 11 is 3.50. The van der Waals surface area contributed by atoms with E-state index in [0.717, 1.165) is 28.7 Å². The van der Waals surface area contributed by atoms with Crippen molar-refractivity contribution in [2.75, 3.05) is 18.0 Å². The minimum Gasteiger partial charge on any atom is -0.392 e. The molecule has 1 aromatic rings. The highest BCUT2D eigenvalue weighted by atomic mass is 79.9. The number of hydrogen-bond acceptors (Lipinski definition) is 3. The van der Waals surface area contributed by atoms with Gasteiger partial charge in [-0.2, -0.15) is 0 Å². The van der Waals surface area contributed by atoms with Crippen LogP contribution in [0.3, 0.4) is 0 Å². The molecule has 2 rings (SSSR count). The second-order valence-corrected chi connectivity index (χ2v) is 5.47. The molecule has 1 aliphatic rings. The van der Waals surface area contributed by atoms with Crippen LogP contribution in [0.2, 0.25) is 0 Å². The van der Waals surface area contributed by atoms with Crippen molar-refractivity contribution in [2.24, 2.45) is 0 Å². The van der Waals surface area contributed by atoms with Gasteiger partial charge in [-0.25, -0.2) is 0 Å². The van der Waals surface area contributed by atoms with E-state index in [1.165, 1.54) is 0 Å². The second-order valence-electron chi connectivity index (χ2n) is 4.61. The lowest BCUT2D eigenvalue weighted by molar-refractivity contribution is 0.0839. The first-order valence-electron chi connectivity index (χ1n) is 5.38. The Morgan fingerprint density at radius 1 is 1.50 bits per heavy atom. The predicted octanol–water partition coefficient (Wildman–Crippen LogP) is 1.90. The van der Waals surface area contributed by atoms with Crippen molar-refractivity contribution in [3.63, 3.8) is 0 Å². The molecule has 4 heteroatoms. The summed E-state index contributed by atoms with van der Waals surface area (Å²) in [7, 11) is 0. The van der Waals surface area contributed by atoms with Gasteiger partial charge in [-0.1, -0.05) is 6.07 Å². The van der Waals surface area contributed by atoms with E-state index in [-0.39, 0.29) is 6.61 Å². The summed E-state index contributed by atoms with van der Waals surface area (Å²) in [5, 5.41) is 18.9. The summed E-state index contributed by atoms with van der Waals surface area (Å²) in [6.45, 7) is 3.44. The molecular weight excluding hydrogens is 270 g/mol. The smallest absolute Gasteiger partial charge is 0.0810 e. The number of β-amino-alcohol motifs (C(OH)–C–C–N with tert-alkyl or cyclic N) is 1. The number of aliphatic hydroxyl groups is 2. The Hall–Kier alpha value is -0.580. The first-order valence-corrected chi connectivity index (χ1v) is 6.18. The first kappa shape index (κ1) is 11.9. The van der Waals surface area contributed by atoms with Crippen LogP contribution in [0.5, 0.6) is 0 Å². The number of nitrogens with zero attached hydrogens (tertiary/aromatic N) is 1. The SMILES string of the molecule is CC1(O)CCN(c2ccc(CO)cc2Br)C1. The molecule has 88 valence electrons. The van der Waals surface area contributed by atoms with Crippen LogP contribution in [-0.4, -0.2) is 28.9 Å². The van der Waals surface area contributed by atoms with E-state index in [1.807, 2.05) is 25.1 Å². The minimum absolute atomic E-state index is 0.0522. The molecule has 1 atom stereocenters. The number of aliphatic hydroxyl groups excluding tert-OH is 1. The van der Waals surface area contributed by atoms with E-state index in [0.29, 0.717) is 6.54 Å². The van der Waals surface area contributed by atoms with Crippen molar-refractivity contribution < 1.29 is 10.2 Å². The highest BCUT2D eigenvalue weighted by molar-refractivity contribution is 9.10. The molecule has 1 heterocycles. The standard InChI is InChI=1S/C12H16BrNO2/c1-12(16)4-5-14(8-12)11-3-2-9(7-15)6-10(11)13/h2-3,6,15-16H,4-5,7-8H2,1H3. The number of halogens is 1. The van der Waals surface area contributed by atoms with Gasteiger partial charge in [0, 0.05) is 17.6 Å². The lowest BCUT2D eigenvalue weighted by Crippen LogP contribution is -2.29. The van der Waals surface area contributed by atoms with Gasteiger partial charge >= 0.3 is 0 Å². The van der Waals surface area contributed by atoms with Crippen molar-refractivity contribution >= 4 is 21.6 Å². The monoisotopic (exact) mass is 285 g/mol. The van der Waals surface area contributed by atoms with Crippen LogP contribution in [-0.2, 0) is 6.61 Å². The van der Waals surface area contributed by atoms with Crippen LogP contribution in [0, 0.1) is 0 Å². The third kappa shape index (κ3) is 2.39. The Labute approximate surface area is 104 Å². The maximum atomic E-state index is 9.92. The minimum atomic E-state index is -0.588. The van der Waals surface area contributed by atoms with E-state index in [4.69, 9.17) is 5.11 Å². The normalized spacial score (nSPS) is 25.1. The second kappa shape index (κ2) is 4.35. The molecule has 1 unspecified atom stereocenters. The van der Waals surface area contributed by atoms with Crippen LogP contribution >= 0.6 is 15.9 Å². The molecular formula is C12H16BrNO2. The zero-order valence-corrected chi connectivity index (χ0v) is 10.9. The van der Waals surface area contributed by atoms with Gasteiger partial charge in [-0.3, -0.25) is 0 Å². The molecule has 0 aliphatic carbocycles. The molecule has 0 aromatic heterocycles. The van der Waals surface area contributed by atoms with Gasteiger partial charge < -0.3 is 15.1 Å². The first-order chi connectivity index (χ1) is 7.52. The highest BCUT2D eigenvalue weighted by Crippen LogP contribution is 2.32. The zero-order valence-electron chi connectivity index (χ0n) is 9.28. The predicted molar refractivity (Wildman–Crippen MR) is 67.5 cm³/mol. The fourth-order valence-electron chi connectivity index (χ4n) is 2.06. The van der Waals surface area contributed by atoms with Crippen molar-refractivity contribution in [3.8, 4) is 0 Å². The van der Waals surface area contributed by atoms with Crippen LogP contribution in [0.25, 0.3) is 0 Å². The van der Waals surface area contributed by atoms with E-state index >= 15 is 0 Å². The molecule has 0 radical (unpaired) electrons. The van der Waals surface area contributed by atoms with E-state index in [1.54, 1.807) is 0 Å². The number of benzene rings is 1. The number of rotatable bonds is 2. The molecule has 0 bridgehead atoms. The molecule has 0 saturated carbocycles. The van der Waals surface area contributed by atoms with Gasteiger partial charge in [0.2, 0.25) is 0 Å². The molecule has 3 nitrogen and oxygen atoms in total. The van der Waals surface area contributed by atoms with Crippen molar-refractivity contribution in [1.82, 2.24) is 0 Å². The summed E-state index contributed by atoms with van der Waals surface area (Å²) in [6.07, 6.45) is 0.793. The van der Waals surface area contributed by atoms with Gasteiger partial charge in [-0.15, -0.1) is 0 Å². The number of hydrogen-bond donors (Lipinski definition) is 2. The molecule has 16 heavy (non-hydrogen) atoms. The van der Waals surface area contributed by atoms with Crippen LogP contribution in [0.4, 0.5) is 5.69 Å². The Morgan fingerprint density at radius 2 is 2.25 bits per heavy atom. The van der Waals surface area contributed by atoms with E-state index < -0.39 is 5.60 Å². The topological polar surface area (TPSA) is 43.7 Å². The maximum absolute atomic E-state index is 9.92. The summed E-state index contributed by atoms with van der Waals surface area (Å²) in [4.78, 5) is 2.16. The van der Waals surface area contributed by atoms with Crippen LogP contribution in [0.15, 0.2) is 22.7 Å². The van der Waals surface area contributed by atoms with Gasteiger partial charge in [-0.05, 0) is 47.0 Å². The third-order valence-electron chi connectivity index (χ3n) is 2.99. The zero-order chi connectivity index (χ0) is 11.8. The van der Waals surface area contributed by atoms with Crippen molar-refractivity contribution in [1.29, 1.82) is 0 Å². The van der Waals surface area contributed by atoms with Gasteiger partial charge in [0.05, 0.1) is 17.9 Å². The van der Waals surface area contributed by atoms with Crippen LogP contribution in [0.1, 0.15) is 18.9 Å². The maximum Gasteiger partial charge on any atom is 0.0810 e. The quantitative estimate of drug-likeness (QED) is 0.872. The average Bonchev–Trinajstić information content (AvgIpc) is 2.58. The molecule has 1 aliphatic heterocycles. The Balaban J connectivity index is 2.22. The molecule has 1 saturated heterocycles. The van der Waals surface area contributed by atoms with Gasteiger partial charge in [0.15, 0.2) is 0 Å². The summed E-state index contributed by atoms with van der Waals surface area (Å²) in [5.41, 5.74) is 1.38. The molecule has 1 aromatic carbocycles. The highest BCUT2D eigenvalue weighted by Gasteiger charge is 2.31. The molecule has 2 N–H and O–H groups in total. The lowest BCUT2D eigenvalue weighted by atomic mass is 10.1. The lowest BCUT2D eigenvalue weighted by Gasteiger charge is -2.22. The van der Waals surface area contributed by atoms with Crippen LogP contribution < -0.4 is 4.90 Å². The van der Waals surface area contributed by atoms with Gasteiger partial charge in [0.1, 0.15) is 0 Å². The fraction of sp³-hybridized carbons (Fsp3) is 0.500. The Kier molecular flexibility index (Phi) is 3.24. The summed E-state index contributed by atoms with van der Waals surface area (Å²) < 4.78 is 0.969. The average molecular weight is 286 g/mol. The Morgan fingerprint density at radius 3 is 2.75 bits per heavy atom.